The van der Waals surface area contributed by atoms with Gasteiger partial charge < -0.3 is 10.4 Å². The minimum atomic E-state index is -0.447. The highest BCUT2D eigenvalue weighted by Gasteiger charge is 2.10. The van der Waals surface area contributed by atoms with Crippen LogP contribution in [0.1, 0.15) is 11.1 Å². The first kappa shape index (κ1) is 14.1. The maximum atomic E-state index is 10.8. The van der Waals surface area contributed by atoms with Crippen LogP contribution in [-0.4, -0.2) is 10.0 Å². The Morgan fingerprint density at radius 2 is 2.10 bits per heavy atom. The van der Waals surface area contributed by atoms with Crippen molar-refractivity contribution < 1.29 is 10.0 Å². The zero-order chi connectivity index (χ0) is 14.7. The van der Waals surface area contributed by atoms with Crippen LogP contribution < -0.4 is 5.32 Å². The molecule has 0 fully saturated rings. The van der Waals surface area contributed by atoms with Gasteiger partial charge in [-0.3, -0.25) is 10.1 Å². The van der Waals surface area contributed by atoms with E-state index >= 15 is 0 Å². The van der Waals surface area contributed by atoms with Crippen molar-refractivity contribution in [3.05, 3.63) is 62.7 Å². The number of nitrogens with one attached hydrogen (secondary N) is 1. The second-order valence-electron chi connectivity index (χ2n) is 4.35. The molecular weight excluding hydrogens is 280 g/mol. The maximum absolute atomic E-state index is 10.8. The number of benzene rings is 2. The van der Waals surface area contributed by atoms with E-state index in [-0.39, 0.29) is 18.0 Å². The molecule has 0 aliphatic rings. The van der Waals surface area contributed by atoms with E-state index < -0.39 is 4.92 Å². The number of aromatic hydroxyl groups is 1. The van der Waals surface area contributed by atoms with Crippen LogP contribution in [0, 0.1) is 17.0 Å². The predicted molar refractivity (Wildman–Crippen MR) is 78.3 cm³/mol. The highest BCUT2D eigenvalue weighted by atomic mass is 35.5. The lowest BCUT2D eigenvalue weighted by molar-refractivity contribution is -0.384. The summed E-state index contributed by atoms with van der Waals surface area (Å²) in [7, 11) is 0. The fourth-order valence-corrected chi connectivity index (χ4v) is 2.06. The topological polar surface area (TPSA) is 75.4 Å². The summed E-state index contributed by atoms with van der Waals surface area (Å²) < 4.78 is 0. The van der Waals surface area contributed by atoms with Gasteiger partial charge in [-0.25, -0.2) is 0 Å². The Labute approximate surface area is 121 Å². The van der Waals surface area contributed by atoms with Crippen LogP contribution in [0.4, 0.5) is 11.4 Å². The number of phenols is 1. The molecule has 0 saturated heterocycles. The zero-order valence-corrected chi connectivity index (χ0v) is 11.5. The lowest BCUT2D eigenvalue weighted by atomic mass is 10.1. The fourth-order valence-electron chi connectivity index (χ4n) is 1.82. The number of anilines is 1. The van der Waals surface area contributed by atoms with E-state index in [1.165, 1.54) is 12.1 Å². The van der Waals surface area contributed by atoms with Gasteiger partial charge in [0.25, 0.3) is 5.69 Å². The third kappa shape index (κ3) is 3.00. The molecule has 104 valence electrons. The number of non-ortho nitro benzene ring substituents is 1. The molecule has 2 rings (SSSR count). The first-order valence-corrected chi connectivity index (χ1v) is 6.32. The van der Waals surface area contributed by atoms with Gasteiger partial charge in [-0.1, -0.05) is 23.7 Å². The molecule has 2 aromatic rings. The van der Waals surface area contributed by atoms with Crippen molar-refractivity contribution in [3.63, 3.8) is 0 Å². The first-order chi connectivity index (χ1) is 9.49. The van der Waals surface area contributed by atoms with Crippen LogP contribution in [0.3, 0.4) is 0 Å². The molecule has 0 spiro atoms. The summed E-state index contributed by atoms with van der Waals surface area (Å²) in [6, 6.07) is 9.46. The van der Waals surface area contributed by atoms with Crippen molar-refractivity contribution in [3.8, 4) is 5.75 Å². The van der Waals surface area contributed by atoms with Crippen LogP contribution in [-0.2, 0) is 6.54 Å². The third-order valence-electron chi connectivity index (χ3n) is 2.98. The predicted octanol–water partition coefficient (Wildman–Crippen LogP) is 3.87. The monoisotopic (exact) mass is 292 g/mol. The molecule has 0 bridgehead atoms. The molecule has 0 aliphatic carbocycles. The summed E-state index contributed by atoms with van der Waals surface area (Å²) in [6.07, 6.45) is 0. The molecule has 0 saturated carbocycles. The number of rotatable bonds is 4. The van der Waals surface area contributed by atoms with E-state index in [0.29, 0.717) is 16.3 Å². The van der Waals surface area contributed by atoms with Gasteiger partial charge >= 0.3 is 0 Å². The van der Waals surface area contributed by atoms with Crippen LogP contribution in [0.5, 0.6) is 5.75 Å². The van der Waals surface area contributed by atoms with Crippen LogP contribution >= 0.6 is 11.6 Å². The number of nitro benzene ring substituents is 1. The maximum Gasteiger partial charge on any atom is 0.271 e. The molecular formula is C14H13ClN2O3. The summed E-state index contributed by atoms with van der Waals surface area (Å²) in [5, 5.41) is 24.0. The van der Waals surface area contributed by atoms with E-state index in [0.717, 1.165) is 5.56 Å². The standard InChI is InChI=1S/C14H13ClN2O3/c1-9-5-6-10(17(19)20)7-13(9)16-8-11-12(15)3-2-4-14(11)18/h2-7,16,18H,8H2,1H3. The number of aryl methyl sites for hydroxylation is 1. The Bertz CT molecular complexity index is 639. The molecule has 0 atom stereocenters. The molecule has 2 aromatic carbocycles. The van der Waals surface area contributed by atoms with E-state index in [2.05, 4.69) is 5.32 Å². The molecule has 0 aliphatic heterocycles. The van der Waals surface area contributed by atoms with Gasteiger partial charge in [-0.05, 0) is 24.6 Å². The number of nitro groups is 1. The molecule has 0 unspecified atom stereocenters. The van der Waals surface area contributed by atoms with Gasteiger partial charge in [0.1, 0.15) is 5.75 Å². The number of halogens is 1. The van der Waals surface area contributed by atoms with E-state index in [9.17, 15) is 15.2 Å². The Morgan fingerprint density at radius 1 is 1.35 bits per heavy atom. The van der Waals surface area contributed by atoms with Gasteiger partial charge in [0.2, 0.25) is 0 Å². The average Bonchev–Trinajstić information content (AvgIpc) is 2.39. The lowest BCUT2D eigenvalue weighted by Crippen LogP contribution is -2.02. The van der Waals surface area contributed by atoms with Gasteiger partial charge in [-0.2, -0.15) is 0 Å². The van der Waals surface area contributed by atoms with Crippen molar-refractivity contribution in [2.24, 2.45) is 0 Å². The molecule has 0 heterocycles. The minimum absolute atomic E-state index is 0.0153. The summed E-state index contributed by atoms with van der Waals surface area (Å²) in [5.41, 5.74) is 2.09. The van der Waals surface area contributed by atoms with E-state index in [1.54, 1.807) is 24.3 Å². The molecule has 2 N–H and O–H groups in total. The molecule has 5 nitrogen and oxygen atoms in total. The SMILES string of the molecule is Cc1ccc([N+](=O)[O-])cc1NCc1c(O)cccc1Cl. The smallest absolute Gasteiger partial charge is 0.271 e. The number of hydrogen-bond acceptors (Lipinski definition) is 4. The second kappa shape index (κ2) is 5.79. The zero-order valence-electron chi connectivity index (χ0n) is 10.8. The van der Waals surface area contributed by atoms with E-state index in [1.807, 2.05) is 6.92 Å². The average molecular weight is 293 g/mol. The largest absolute Gasteiger partial charge is 0.508 e. The van der Waals surface area contributed by atoms with Crippen molar-refractivity contribution in [2.45, 2.75) is 13.5 Å². The summed E-state index contributed by atoms with van der Waals surface area (Å²) >= 11 is 6.01. The fraction of sp³-hybridized carbons (Fsp3) is 0.143. The Balaban J connectivity index is 2.23. The van der Waals surface area contributed by atoms with Crippen molar-refractivity contribution in [2.75, 3.05) is 5.32 Å². The summed E-state index contributed by atoms with van der Waals surface area (Å²) in [5.74, 6) is 0.0908. The highest BCUT2D eigenvalue weighted by molar-refractivity contribution is 6.31. The van der Waals surface area contributed by atoms with E-state index in [4.69, 9.17) is 11.6 Å². The first-order valence-electron chi connectivity index (χ1n) is 5.94. The molecule has 20 heavy (non-hydrogen) atoms. The van der Waals surface area contributed by atoms with Gasteiger partial charge in [0.05, 0.1) is 4.92 Å². The molecule has 6 heteroatoms. The van der Waals surface area contributed by atoms with Crippen molar-refractivity contribution in [1.29, 1.82) is 0 Å². The van der Waals surface area contributed by atoms with Crippen LogP contribution in [0.15, 0.2) is 36.4 Å². The van der Waals surface area contributed by atoms with Gasteiger partial charge in [-0.15, -0.1) is 0 Å². The lowest BCUT2D eigenvalue weighted by Gasteiger charge is -2.11. The molecule has 0 amide bonds. The third-order valence-corrected chi connectivity index (χ3v) is 3.34. The quantitative estimate of drug-likeness (QED) is 0.662. The Hall–Kier alpha value is -2.27. The number of hydrogen-bond donors (Lipinski definition) is 2. The Kier molecular flexibility index (Phi) is 4.10. The van der Waals surface area contributed by atoms with Crippen molar-refractivity contribution >= 4 is 23.0 Å². The van der Waals surface area contributed by atoms with Crippen LogP contribution in [0.25, 0.3) is 0 Å². The Morgan fingerprint density at radius 3 is 2.75 bits per heavy atom. The highest BCUT2D eigenvalue weighted by Crippen LogP contribution is 2.28. The summed E-state index contributed by atoms with van der Waals surface area (Å²) in [6.45, 7) is 2.13. The normalized spacial score (nSPS) is 10.3. The molecule has 0 radical (unpaired) electrons. The summed E-state index contributed by atoms with van der Waals surface area (Å²) in [4.78, 5) is 10.3. The minimum Gasteiger partial charge on any atom is -0.508 e. The van der Waals surface area contributed by atoms with Crippen molar-refractivity contribution in [1.82, 2.24) is 0 Å². The number of nitrogens with zero attached hydrogens (tertiary/aromatic N) is 1. The second-order valence-corrected chi connectivity index (χ2v) is 4.75. The van der Waals surface area contributed by atoms with Gasteiger partial charge in [0.15, 0.2) is 0 Å². The molecule has 0 aromatic heterocycles. The number of phenolic OH excluding ortho intramolecular Hbond substituents is 1. The van der Waals surface area contributed by atoms with Crippen LogP contribution in [0.2, 0.25) is 5.02 Å². The van der Waals surface area contributed by atoms with Gasteiger partial charge in [0, 0.05) is 35.0 Å².